The molecule has 2 aromatic rings. The van der Waals surface area contributed by atoms with Crippen molar-refractivity contribution < 1.29 is 19.0 Å². The largest absolute Gasteiger partial charge is 0.437 e. The zero-order valence-corrected chi connectivity index (χ0v) is 13.3. The number of aliphatic hydroxyl groups excluding tert-OH is 1. The molecule has 0 atom stereocenters. The van der Waals surface area contributed by atoms with Crippen LogP contribution in [0, 0.1) is 5.82 Å². The minimum absolute atomic E-state index is 0.313. The van der Waals surface area contributed by atoms with Gasteiger partial charge in [-0.05, 0) is 24.3 Å². The van der Waals surface area contributed by atoms with E-state index in [1.165, 1.54) is 35.4 Å². The van der Waals surface area contributed by atoms with Crippen molar-refractivity contribution >= 4 is 5.91 Å². The molecule has 1 aromatic heterocycles. The van der Waals surface area contributed by atoms with Crippen LogP contribution in [-0.4, -0.2) is 52.6 Å². The van der Waals surface area contributed by atoms with Crippen LogP contribution in [0.25, 0.3) is 0 Å². The summed E-state index contributed by atoms with van der Waals surface area (Å²) < 4.78 is 18.4. The summed E-state index contributed by atoms with van der Waals surface area (Å²) in [5.41, 5.74) is 0.672. The number of nitrogens with zero attached hydrogens (tertiary/aromatic N) is 3. The first kappa shape index (κ1) is 17.8. The van der Waals surface area contributed by atoms with Gasteiger partial charge in [-0.1, -0.05) is 0 Å². The molecule has 0 aliphatic rings. The SMILES string of the molecule is CN(CCNCc1cncc(Oc2ccc(F)cc2)n1)C(=O)CO. The van der Waals surface area contributed by atoms with Crippen molar-refractivity contribution in [2.45, 2.75) is 6.54 Å². The average Bonchev–Trinajstić information content (AvgIpc) is 2.60. The number of carbonyl (C=O) groups excluding carboxylic acids is 1. The molecule has 7 nitrogen and oxygen atoms in total. The highest BCUT2D eigenvalue weighted by molar-refractivity contribution is 5.76. The van der Waals surface area contributed by atoms with Crippen molar-refractivity contribution in [2.24, 2.45) is 0 Å². The third-order valence-corrected chi connectivity index (χ3v) is 3.19. The molecule has 0 unspecified atom stereocenters. The van der Waals surface area contributed by atoms with Crippen LogP contribution in [0.2, 0.25) is 0 Å². The molecule has 0 fully saturated rings. The number of aromatic nitrogens is 2. The van der Waals surface area contributed by atoms with Crippen molar-refractivity contribution in [2.75, 3.05) is 26.7 Å². The van der Waals surface area contributed by atoms with Crippen LogP contribution in [0.4, 0.5) is 4.39 Å². The smallest absolute Gasteiger partial charge is 0.248 e. The van der Waals surface area contributed by atoms with Crippen LogP contribution >= 0.6 is 0 Å². The summed E-state index contributed by atoms with van der Waals surface area (Å²) >= 11 is 0. The van der Waals surface area contributed by atoms with Gasteiger partial charge in [0.25, 0.3) is 0 Å². The zero-order chi connectivity index (χ0) is 17.4. The van der Waals surface area contributed by atoms with Gasteiger partial charge in [0.1, 0.15) is 18.2 Å². The van der Waals surface area contributed by atoms with Crippen molar-refractivity contribution in [1.29, 1.82) is 0 Å². The normalized spacial score (nSPS) is 10.5. The van der Waals surface area contributed by atoms with E-state index in [1.54, 1.807) is 13.2 Å². The van der Waals surface area contributed by atoms with Crippen LogP contribution in [0.5, 0.6) is 11.6 Å². The van der Waals surface area contributed by atoms with Gasteiger partial charge in [-0.15, -0.1) is 0 Å². The van der Waals surface area contributed by atoms with Gasteiger partial charge in [0.2, 0.25) is 11.8 Å². The second-order valence-electron chi connectivity index (χ2n) is 5.05. The third-order valence-electron chi connectivity index (χ3n) is 3.19. The topological polar surface area (TPSA) is 87.6 Å². The fraction of sp³-hybridized carbons (Fsp3) is 0.312. The standard InChI is InChI=1S/C16H19FN4O3/c1-21(16(23)11-22)7-6-18-8-13-9-19-10-15(20-13)24-14-4-2-12(17)3-5-14/h2-5,9-10,18,22H,6-8,11H2,1H3. The minimum Gasteiger partial charge on any atom is -0.437 e. The van der Waals surface area contributed by atoms with E-state index in [0.717, 1.165) is 0 Å². The van der Waals surface area contributed by atoms with Crippen LogP contribution in [0.15, 0.2) is 36.7 Å². The van der Waals surface area contributed by atoms with E-state index in [2.05, 4.69) is 15.3 Å². The summed E-state index contributed by atoms with van der Waals surface area (Å²) in [6.07, 6.45) is 3.08. The Morgan fingerprint density at radius 2 is 2.08 bits per heavy atom. The number of amides is 1. The van der Waals surface area contributed by atoms with Crippen LogP contribution in [0.3, 0.4) is 0 Å². The van der Waals surface area contributed by atoms with E-state index in [1.807, 2.05) is 0 Å². The summed E-state index contributed by atoms with van der Waals surface area (Å²) in [6, 6.07) is 5.63. The van der Waals surface area contributed by atoms with Crippen molar-refractivity contribution in [3.63, 3.8) is 0 Å². The number of hydrogen-bond donors (Lipinski definition) is 2. The lowest BCUT2D eigenvalue weighted by Gasteiger charge is -2.15. The molecule has 0 saturated carbocycles. The number of rotatable bonds is 8. The Morgan fingerprint density at radius 3 is 2.79 bits per heavy atom. The summed E-state index contributed by atoms with van der Waals surface area (Å²) in [5.74, 6) is 0.121. The van der Waals surface area contributed by atoms with Crippen LogP contribution in [-0.2, 0) is 11.3 Å². The van der Waals surface area contributed by atoms with E-state index < -0.39 is 6.61 Å². The van der Waals surface area contributed by atoms with Gasteiger partial charge in [-0.2, -0.15) is 0 Å². The second-order valence-corrected chi connectivity index (χ2v) is 5.05. The number of benzene rings is 1. The van der Waals surface area contributed by atoms with E-state index in [4.69, 9.17) is 9.84 Å². The monoisotopic (exact) mass is 334 g/mol. The first-order valence-electron chi connectivity index (χ1n) is 7.38. The lowest BCUT2D eigenvalue weighted by molar-refractivity contribution is -0.132. The molecule has 0 bridgehead atoms. The molecule has 2 N–H and O–H groups in total. The Bertz CT molecular complexity index is 667. The van der Waals surface area contributed by atoms with Gasteiger partial charge >= 0.3 is 0 Å². The lowest BCUT2D eigenvalue weighted by atomic mass is 10.3. The summed E-state index contributed by atoms with van der Waals surface area (Å²) in [5, 5.41) is 11.9. The van der Waals surface area contributed by atoms with Gasteiger partial charge in [0.15, 0.2) is 0 Å². The molecule has 1 aromatic carbocycles. The Labute approximate surface area is 139 Å². The molecular formula is C16H19FN4O3. The maximum absolute atomic E-state index is 12.9. The second kappa shape index (κ2) is 8.90. The summed E-state index contributed by atoms with van der Waals surface area (Å²) in [4.78, 5) is 21.0. The van der Waals surface area contributed by atoms with E-state index in [9.17, 15) is 9.18 Å². The van der Waals surface area contributed by atoms with Crippen molar-refractivity contribution in [1.82, 2.24) is 20.2 Å². The van der Waals surface area contributed by atoms with Crippen LogP contribution in [0.1, 0.15) is 5.69 Å². The van der Waals surface area contributed by atoms with Gasteiger partial charge in [0, 0.05) is 32.9 Å². The molecule has 8 heteroatoms. The van der Waals surface area contributed by atoms with E-state index in [-0.39, 0.29) is 11.7 Å². The Balaban J connectivity index is 1.82. The molecule has 2 rings (SSSR count). The van der Waals surface area contributed by atoms with E-state index in [0.29, 0.717) is 37.0 Å². The fourth-order valence-electron chi connectivity index (χ4n) is 1.85. The Morgan fingerprint density at radius 1 is 1.33 bits per heavy atom. The van der Waals surface area contributed by atoms with Gasteiger partial charge in [-0.3, -0.25) is 9.78 Å². The first-order chi connectivity index (χ1) is 11.6. The number of carbonyl (C=O) groups is 1. The molecule has 0 aliphatic heterocycles. The van der Waals surface area contributed by atoms with Crippen LogP contribution < -0.4 is 10.1 Å². The number of nitrogens with one attached hydrogen (secondary N) is 1. The molecule has 0 radical (unpaired) electrons. The minimum atomic E-state index is -0.495. The molecule has 24 heavy (non-hydrogen) atoms. The number of hydrogen-bond acceptors (Lipinski definition) is 6. The molecule has 0 spiro atoms. The maximum Gasteiger partial charge on any atom is 0.248 e. The zero-order valence-electron chi connectivity index (χ0n) is 13.3. The van der Waals surface area contributed by atoms with Gasteiger partial charge in [0.05, 0.1) is 11.9 Å². The molecule has 1 amide bonds. The molecule has 128 valence electrons. The molecule has 1 heterocycles. The number of likely N-dealkylation sites (N-methyl/N-ethyl adjacent to an activating group) is 1. The Hall–Kier alpha value is -2.58. The van der Waals surface area contributed by atoms with E-state index >= 15 is 0 Å². The summed E-state index contributed by atoms with van der Waals surface area (Å²) in [7, 11) is 1.62. The predicted molar refractivity (Wildman–Crippen MR) is 84.9 cm³/mol. The highest BCUT2D eigenvalue weighted by Crippen LogP contribution is 2.18. The Kier molecular flexibility index (Phi) is 6.59. The highest BCUT2D eigenvalue weighted by Gasteiger charge is 2.06. The average molecular weight is 334 g/mol. The summed E-state index contributed by atoms with van der Waals surface area (Å²) in [6.45, 7) is 0.977. The van der Waals surface area contributed by atoms with Crippen molar-refractivity contribution in [3.8, 4) is 11.6 Å². The van der Waals surface area contributed by atoms with Gasteiger partial charge < -0.3 is 20.1 Å². The third kappa shape index (κ3) is 5.56. The predicted octanol–water partition coefficient (Wildman–Crippen LogP) is 0.948. The quantitative estimate of drug-likeness (QED) is 0.699. The van der Waals surface area contributed by atoms with Gasteiger partial charge in [-0.25, -0.2) is 9.37 Å². The molecule has 0 saturated heterocycles. The molecular weight excluding hydrogens is 315 g/mol. The highest BCUT2D eigenvalue weighted by atomic mass is 19.1. The molecule has 0 aliphatic carbocycles. The van der Waals surface area contributed by atoms with Crippen molar-refractivity contribution in [3.05, 3.63) is 48.2 Å². The number of aliphatic hydroxyl groups is 1. The lowest BCUT2D eigenvalue weighted by Crippen LogP contribution is -2.35. The first-order valence-corrected chi connectivity index (χ1v) is 7.38. The maximum atomic E-state index is 12.9. The number of ether oxygens (including phenoxy) is 1. The number of halogens is 1. The fourth-order valence-corrected chi connectivity index (χ4v) is 1.85.